The lowest BCUT2D eigenvalue weighted by atomic mass is 9.98. The molecule has 1 aromatic carbocycles. The molecule has 0 N–H and O–H groups in total. The summed E-state index contributed by atoms with van der Waals surface area (Å²) in [6, 6.07) is 5.57. The van der Waals surface area contributed by atoms with Crippen molar-refractivity contribution in [1.82, 2.24) is 9.80 Å². The van der Waals surface area contributed by atoms with E-state index in [1.165, 1.54) is 12.1 Å². The molecule has 0 aliphatic carbocycles. The molecular weight excluding hydrogens is 335 g/mol. The number of carbonyl (C=O) groups excluding carboxylic acids is 2. The Morgan fingerprint density at radius 1 is 1.12 bits per heavy atom. The zero-order valence-corrected chi connectivity index (χ0v) is 16.5. The van der Waals surface area contributed by atoms with Crippen molar-refractivity contribution in [3.63, 3.8) is 0 Å². The van der Waals surface area contributed by atoms with Crippen LogP contribution in [0.1, 0.15) is 53.1 Å². The van der Waals surface area contributed by atoms with Crippen LogP contribution in [-0.4, -0.2) is 46.5 Å². The van der Waals surface area contributed by atoms with Crippen LogP contribution in [-0.2, 0) is 9.53 Å². The van der Waals surface area contributed by atoms with E-state index in [9.17, 15) is 14.0 Å². The van der Waals surface area contributed by atoms with E-state index in [0.717, 1.165) is 5.56 Å². The van der Waals surface area contributed by atoms with Gasteiger partial charge in [-0.3, -0.25) is 9.69 Å². The van der Waals surface area contributed by atoms with Crippen LogP contribution < -0.4 is 0 Å². The Bertz CT molecular complexity index is 652. The van der Waals surface area contributed by atoms with E-state index in [4.69, 9.17) is 4.74 Å². The topological polar surface area (TPSA) is 49.9 Å². The first kappa shape index (κ1) is 20.2. The van der Waals surface area contributed by atoms with Crippen molar-refractivity contribution < 1.29 is 18.7 Å². The van der Waals surface area contributed by atoms with Gasteiger partial charge < -0.3 is 9.64 Å². The molecule has 0 spiro atoms. The van der Waals surface area contributed by atoms with Crippen molar-refractivity contribution in [1.29, 1.82) is 0 Å². The number of ether oxygens (including phenoxy) is 1. The van der Waals surface area contributed by atoms with E-state index >= 15 is 0 Å². The lowest BCUT2D eigenvalue weighted by molar-refractivity contribution is -0.140. The summed E-state index contributed by atoms with van der Waals surface area (Å²) in [6.07, 6.45) is -0.421. The molecule has 2 atom stereocenters. The van der Waals surface area contributed by atoms with Crippen LogP contribution in [0.4, 0.5) is 9.18 Å². The fourth-order valence-corrected chi connectivity index (χ4v) is 3.11. The largest absolute Gasteiger partial charge is 0.444 e. The molecule has 0 unspecified atom stereocenters. The van der Waals surface area contributed by atoms with Crippen molar-refractivity contribution in [3.8, 4) is 0 Å². The first-order valence-corrected chi connectivity index (χ1v) is 9.05. The van der Waals surface area contributed by atoms with Crippen molar-refractivity contribution in [2.24, 2.45) is 5.92 Å². The Hall–Kier alpha value is -2.11. The van der Waals surface area contributed by atoms with Gasteiger partial charge in [0.2, 0.25) is 5.91 Å². The monoisotopic (exact) mass is 364 g/mol. The van der Waals surface area contributed by atoms with Crippen LogP contribution in [0.25, 0.3) is 0 Å². The van der Waals surface area contributed by atoms with Gasteiger partial charge in [-0.1, -0.05) is 26.0 Å². The quantitative estimate of drug-likeness (QED) is 0.797. The van der Waals surface area contributed by atoms with Gasteiger partial charge in [-0.25, -0.2) is 9.18 Å². The number of rotatable bonds is 2. The minimum atomic E-state index is -0.613. The molecule has 0 saturated carbocycles. The summed E-state index contributed by atoms with van der Waals surface area (Å²) in [4.78, 5) is 28.8. The molecule has 2 amide bonds. The fraction of sp³-hybridized carbons (Fsp3) is 0.600. The maximum Gasteiger partial charge on any atom is 0.410 e. The van der Waals surface area contributed by atoms with Crippen molar-refractivity contribution in [3.05, 3.63) is 35.6 Å². The van der Waals surface area contributed by atoms with E-state index < -0.39 is 11.7 Å². The van der Waals surface area contributed by atoms with Gasteiger partial charge in [-0.15, -0.1) is 0 Å². The normalized spacial score (nSPS) is 21.1. The Labute approximate surface area is 155 Å². The Balaban J connectivity index is 2.34. The molecule has 2 rings (SSSR count). The summed E-state index contributed by atoms with van der Waals surface area (Å²) in [5, 5.41) is 0. The van der Waals surface area contributed by atoms with Crippen LogP contribution >= 0.6 is 0 Å². The molecule has 0 radical (unpaired) electrons. The second-order valence-electron chi connectivity index (χ2n) is 8.19. The zero-order valence-electron chi connectivity index (χ0n) is 16.5. The number of piperazine rings is 1. The summed E-state index contributed by atoms with van der Waals surface area (Å²) in [5.41, 5.74) is 0.171. The number of hydrogen-bond acceptors (Lipinski definition) is 3. The number of hydrogen-bond donors (Lipinski definition) is 0. The number of nitrogens with zero attached hydrogens (tertiary/aromatic N) is 2. The van der Waals surface area contributed by atoms with Gasteiger partial charge in [0, 0.05) is 25.0 Å². The average Bonchev–Trinajstić information content (AvgIpc) is 2.53. The van der Waals surface area contributed by atoms with Crippen molar-refractivity contribution in [2.45, 2.75) is 59.2 Å². The second-order valence-corrected chi connectivity index (χ2v) is 8.19. The van der Waals surface area contributed by atoms with E-state index in [2.05, 4.69) is 0 Å². The maximum atomic E-state index is 13.3. The van der Waals surface area contributed by atoms with Crippen LogP contribution in [0.5, 0.6) is 0 Å². The highest BCUT2D eigenvalue weighted by atomic mass is 19.1. The fourth-order valence-electron chi connectivity index (χ4n) is 3.11. The van der Waals surface area contributed by atoms with E-state index in [1.807, 2.05) is 41.5 Å². The molecule has 26 heavy (non-hydrogen) atoms. The number of amides is 2. The first-order chi connectivity index (χ1) is 12.0. The molecular formula is C20H29FN2O3. The predicted octanol–water partition coefficient (Wildman–Crippen LogP) is 3.99. The Kier molecular flexibility index (Phi) is 5.94. The minimum absolute atomic E-state index is 0.0495. The summed E-state index contributed by atoms with van der Waals surface area (Å²) >= 11 is 0. The molecule has 1 heterocycles. The molecule has 1 aliphatic rings. The minimum Gasteiger partial charge on any atom is -0.444 e. The van der Waals surface area contributed by atoms with Gasteiger partial charge >= 0.3 is 6.09 Å². The maximum absolute atomic E-state index is 13.3. The van der Waals surface area contributed by atoms with Gasteiger partial charge in [0.15, 0.2) is 0 Å². The molecule has 5 nitrogen and oxygen atoms in total. The molecule has 1 aromatic rings. The molecule has 1 aliphatic heterocycles. The van der Waals surface area contributed by atoms with Gasteiger partial charge in [-0.05, 0) is 45.4 Å². The molecule has 0 aromatic heterocycles. The van der Waals surface area contributed by atoms with Crippen LogP contribution in [0.15, 0.2) is 24.3 Å². The molecule has 1 fully saturated rings. The Morgan fingerprint density at radius 3 is 2.19 bits per heavy atom. The zero-order chi connectivity index (χ0) is 19.6. The predicted molar refractivity (Wildman–Crippen MR) is 98.1 cm³/mol. The van der Waals surface area contributed by atoms with Crippen LogP contribution in [0.3, 0.4) is 0 Å². The van der Waals surface area contributed by atoms with Gasteiger partial charge in [0.1, 0.15) is 11.4 Å². The summed E-state index contributed by atoms with van der Waals surface area (Å²) in [5.74, 6) is -0.412. The smallest absolute Gasteiger partial charge is 0.410 e. The van der Waals surface area contributed by atoms with Crippen LogP contribution in [0, 0.1) is 11.7 Å². The third-order valence-corrected chi connectivity index (χ3v) is 4.40. The number of carbonyl (C=O) groups is 2. The van der Waals surface area contributed by atoms with Crippen molar-refractivity contribution >= 4 is 12.0 Å². The third-order valence-electron chi connectivity index (χ3n) is 4.40. The highest BCUT2D eigenvalue weighted by Gasteiger charge is 2.39. The highest BCUT2D eigenvalue weighted by Crippen LogP contribution is 2.30. The van der Waals surface area contributed by atoms with Crippen LogP contribution in [0.2, 0.25) is 0 Å². The van der Waals surface area contributed by atoms with Crippen molar-refractivity contribution in [2.75, 3.05) is 13.1 Å². The third kappa shape index (κ3) is 4.74. The number of benzene rings is 1. The second kappa shape index (κ2) is 7.64. The van der Waals surface area contributed by atoms with Gasteiger partial charge in [0.25, 0.3) is 0 Å². The van der Waals surface area contributed by atoms with Gasteiger partial charge in [-0.2, -0.15) is 0 Å². The van der Waals surface area contributed by atoms with E-state index in [1.54, 1.807) is 21.9 Å². The van der Waals surface area contributed by atoms with E-state index in [-0.39, 0.29) is 29.7 Å². The summed E-state index contributed by atoms with van der Waals surface area (Å²) in [6.45, 7) is 11.8. The molecule has 1 saturated heterocycles. The molecule has 0 bridgehead atoms. The summed E-state index contributed by atoms with van der Waals surface area (Å²) < 4.78 is 18.9. The first-order valence-electron chi connectivity index (χ1n) is 9.05. The molecule has 144 valence electrons. The Morgan fingerprint density at radius 2 is 1.69 bits per heavy atom. The van der Waals surface area contributed by atoms with Gasteiger partial charge in [0.05, 0.1) is 6.04 Å². The molecule has 6 heteroatoms. The standard InChI is InChI=1S/C20H29FN2O3/c1-13(2)18(24)22-12-17(15-7-9-16(21)10-8-15)23(11-14(22)3)19(25)26-20(4,5)6/h7-10,13-14,17H,11-12H2,1-6H3/t14-,17-/m1/s1. The lowest BCUT2D eigenvalue weighted by Gasteiger charge is -2.46. The SMILES string of the molecule is CC(C)C(=O)N1C[C@H](c2ccc(F)cc2)N(C(=O)OC(C)(C)C)C[C@H]1C. The average molecular weight is 364 g/mol. The lowest BCUT2D eigenvalue weighted by Crippen LogP contribution is -2.58. The number of halogens is 1. The highest BCUT2D eigenvalue weighted by molar-refractivity contribution is 5.79. The van der Waals surface area contributed by atoms with E-state index in [0.29, 0.717) is 13.1 Å². The summed E-state index contributed by atoms with van der Waals surface area (Å²) in [7, 11) is 0.